The van der Waals surface area contributed by atoms with Crippen LogP contribution in [0.5, 0.6) is 0 Å². The van der Waals surface area contributed by atoms with Gasteiger partial charge in [0.15, 0.2) is 0 Å². The first-order valence-corrected chi connectivity index (χ1v) is 6.49. The van der Waals surface area contributed by atoms with Gasteiger partial charge in [0.25, 0.3) is 0 Å². The smallest absolute Gasteiger partial charge is 0.309 e. The molecule has 0 atom stereocenters. The van der Waals surface area contributed by atoms with Crippen LogP contribution in [0.25, 0.3) is 0 Å². The molecule has 0 saturated carbocycles. The van der Waals surface area contributed by atoms with E-state index in [0.29, 0.717) is 32.5 Å². The first kappa shape index (κ1) is 13.8. The number of halogens is 2. The van der Waals surface area contributed by atoms with Crippen LogP contribution in [0.4, 0.5) is 14.5 Å². The Kier molecular flexibility index (Phi) is 4.35. The van der Waals surface area contributed by atoms with Crippen molar-refractivity contribution < 1.29 is 18.3 Å². The highest BCUT2D eigenvalue weighted by Crippen LogP contribution is 2.28. The molecular weight excluding hydrogens is 252 g/mol. The third-order valence-electron chi connectivity index (χ3n) is 3.37. The molecule has 104 valence electrons. The van der Waals surface area contributed by atoms with E-state index >= 15 is 0 Å². The largest absolute Gasteiger partial charge is 0.466 e. The molecule has 1 saturated heterocycles. The maximum Gasteiger partial charge on any atom is 0.309 e. The normalized spacial score (nSPS) is 16.5. The maximum absolute atomic E-state index is 13.6. The predicted octanol–water partition coefficient (Wildman–Crippen LogP) is 2.74. The van der Waals surface area contributed by atoms with E-state index in [1.165, 1.54) is 18.2 Å². The molecule has 1 heterocycles. The maximum atomic E-state index is 13.6. The average molecular weight is 269 g/mol. The lowest BCUT2D eigenvalue weighted by Crippen LogP contribution is -2.37. The molecule has 0 radical (unpaired) electrons. The molecule has 2 rings (SSSR count). The van der Waals surface area contributed by atoms with Crippen LogP contribution in [0.3, 0.4) is 0 Å². The number of carbonyl (C=O) groups excluding carboxylic acids is 1. The summed E-state index contributed by atoms with van der Waals surface area (Å²) in [4.78, 5) is 13.2. The van der Waals surface area contributed by atoms with E-state index in [4.69, 9.17) is 4.74 Å². The van der Waals surface area contributed by atoms with Gasteiger partial charge >= 0.3 is 5.97 Å². The van der Waals surface area contributed by atoms with Crippen molar-refractivity contribution in [2.24, 2.45) is 5.92 Å². The third-order valence-corrected chi connectivity index (χ3v) is 3.37. The van der Waals surface area contributed by atoms with Crippen LogP contribution in [-0.4, -0.2) is 25.7 Å². The molecule has 0 unspecified atom stereocenters. The number of carbonyl (C=O) groups is 1. The van der Waals surface area contributed by atoms with Crippen LogP contribution in [-0.2, 0) is 9.53 Å². The lowest BCUT2D eigenvalue weighted by molar-refractivity contribution is -0.148. The van der Waals surface area contributed by atoms with Crippen molar-refractivity contribution >= 4 is 11.7 Å². The number of piperidine rings is 1. The van der Waals surface area contributed by atoms with Crippen LogP contribution in [0, 0.1) is 17.6 Å². The first-order valence-electron chi connectivity index (χ1n) is 6.49. The third kappa shape index (κ3) is 3.03. The van der Waals surface area contributed by atoms with E-state index in [-0.39, 0.29) is 17.6 Å². The molecule has 1 aromatic carbocycles. The van der Waals surface area contributed by atoms with Gasteiger partial charge in [-0.2, -0.15) is 0 Å². The fourth-order valence-corrected chi connectivity index (χ4v) is 2.39. The lowest BCUT2D eigenvalue weighted by Gasteiger charge is -2.32. The SMILES string of the molecule is CCOC(=O)C1CCN(c2c(F)cccc2F)CC1. The van der Waals surface area contributed by atoms with Crippen LogP contribution >= 0.6 is 0 Å². The van der Waals surface area contributed by atoms with Gasteiger partial charge in [0.05, 0.1) is 12.5 Å². The molecule has 0 aromatic heterocycles. The van der Waals surface area contributed by atoms with Crippen molar-refractivity contribution in [2.75, 3.05) is 24.6 Å². The Labute approximate surface area is 111 Å². The van der Waals surface area contributed by atoms with Crippen molar-refractivity contribution in [1.29, 1.82) is 0 Å². The van der Waals surface area contributed by atoms with E-state index in [1.807, 2.05) is 0 Å². The number of rotatable bonds is 3. The summed E-state index contributed by atoms with van der Waals surface area (Å²) in [6, 6.07) is 3.84. The van der Waals surface area contributed by atoms with E-state index in [1.54, 1.807) is 11.8 Å². The molecule has 5 heteroatoms. The summed E-state index contributed by atoms with van der Waals surface area (Å²) in [5, 5.41) is 0. The first-order chi connectivity index (χ1) is 9.13. The summed E-state index contributed by atoms with van der Waals surface area (Å²) in [7, 11) is 0. The van der Waals surface area contributed by atoms with Crippen LogP contribution in [0.2, 0.25) is 0 Å². The summed E-state index contributed by atoms with van der Waals surface area (Å²) >= 11 is 0. The van der Waals surface area contributed by atoms with Crippen molar-refractivity contribution in [3.8, 4) is 0 Å². The van der Waals surface area contributed by atoms with Crippen molar-refractivity contribution in [3.63, 3.8) is 0 Å². The number of hydrogen-bond acceptors (Lipinski definition) is 3. The van der Waals surface area contributed by atoms with Crippen LogP contribution in [0.1, 0.15) is 19.8 Å². The molecule has 19 heavy (non-hydrogen) atoms. The number of nitrogens with zero attached hydrogens (tertiary/aromatic N) is 1. The standard InChI is InChI=1S/C14H17F2NO2/c1-2-19-14(18)10-6-8-17(9-7-10)13-11(15)4-3-5-12(13)16/h3-5,10H,2,6-9H2,1H3. The number of hydrogen-bond donors (Lipinski definition) is 0. The molecule has 0 amide bonds. The average Bonchev–Trinajstić information content (AvgIpc) is 2.39. The van der Waals surface area contributed by atoms with E-state index in [2.05, 4.69) is 0 Å². The molecule has 1 fully saturated rings. The summed E-state index contributed by atoms with van der Waals surface area (Å²) in [5.74, 6) is -1.49. The van der Waals surface area contributed by atoms with Crippen molar-refractivity contribution in [2.45, 2.75) is 19.8 Å². The topological polar surface area (TPSA) is 29.5 Å². The van der Waals surface area contributed by atoms with Gasteiger partial charge in [-0.3, -0.25) is 4.79 Å². The van der Waals surface area contributed by atoms with Gasteiger partial charge in [0, 0.05) is 13.1 Å². The molecule has 0 aliphatic carbocycles. The Bertz CT molecular complexity index is 437. The van der Waals surface area contributed by atoms with Gasteiger partial charge in [-0.05, 0) is 31.9 Å². The van der Waals surface area contributed by atoms with Gasteiger partial charge in [-0.15, -0.1) is 0 Å². The van der Waals surface area contributed by atoms with Gasteiger partial charge in [-0.25, -0.2) is 8.78 Å². The number of benzene rings is 1. The minimum atomic E-state index is -0.561. The Balaban J connectivity index is 2.02. The number of esters is 1. The second kappa shape index (κ2) is 5.99. The zero-order chi connectivity index (χ0) is 13.8. The molecule has 0 bridgehead atoms. The van der Waals surface area contributed by atoms with E-state index in [0.717, 1.165) is 0 Å². The van der Waals surface area contributed by atoms with Gasteiger partial charge in [-0.1, -0.05) is 6.07 Å². The minimum absolute atomic E-state index is 0.00445. The monoisotopic (exact) mass is 269 g/mol. The van der Waals surface area contributed by atoms with Gasteiger partial charge < -0.3 is 9.64 Å². The molecule has 0 N–H and O–H groups in total. The highest BCUT2D eigenvalue weighted by Gasteiger charge is 2.28. The second-order valence-corrected chi connectivity index (χ2v) is 4.58. The highest BCUT2D eigenvalue weighted by atomic mass is 19.1. The fraction of sp³-hybridized carbons (Fsp3) is 0.500. The van der Waals surface area contributed by atoms with Crippen molar-refractivity contribution in [3.05, 3.63) is 29.8 Å². The Morgan fingerprint density at radius 2 is 1.89 bits per heavy atom. The van der Waals surface area contributed by atoms with Gasteiger partial charge in [0.2, 0.25) is 0 Å². The zero-order valence-electron chi connectivity index (χ0n) is 10.9. The van der Waals surface area contributed by atoms with Crippen molar-refractivity contribution in [1.82, 2.24) is 0 Å². The summed E-state index contributed by atoms with van der Waals surface area (Å²) < 4.78 is 32.2. The Morgan fingerprint density at radius 3 is 2.42 bits per heavy atom. The molecule has 1 aliphatic heterocycles. The number of ether oxygens (including phenoxy) is 1. The van der Waals surface area contributed by atoms with Crippen LogP contribution in [0.15, 0.2) is 18.2 Å². The van der Waals surface area contributed by atoms with E-state index in [9.17, 15) is 13.6 Å². The fourth-order valence-electron chi connectivity index (χ4n) is 2.39. The molecule has 1 aromatic rings. The second-order valence-electron chi connectivity index (χ2n) is 4.58. The Hall–Kier alpha value is -1.65. The number of para-hydroxylation sites is 1. The van der Waals surface area contributed by atoms with E-state index < -0.39 is 11.6 Å². The lowest BCUT2D eigenvalue weighted by atomic mass is 9.96. The molecular formula is C14H17F2NO2. The molecule has 1 aliphatic rings. The summed E-state index contributed by atoms with van der Waals surface area (Å²) in [6.45, 7) is 3.05. The zero-order valence-corrected chi connectivity index (χ0v) is 10.9. The van der Waals surface area contributed by atoms with Gasteiger partial charge in [0.1, 0.15) is 17.3 Å². The summed E-state index contributed by atoms with van der Waals surface area (Å²) in [6.07, 6.45) is 1.12. The highest BCUT2D eigenvalue weighted by molar-refractivity contribution is 5.72. The quantitative estimate of drug-likeness (QED) is 0.790. The molecule has 3 nitrogen and oxygen atoms in total. The van der Waals surface area contributed by atoms with Crippen LogP contribution < -0.4 is 4.90 Å². The minimum Gasteiger partial charge on any atom is -0.466 e. The molecule has 0 spiro atoms. The summed E-state index contributed by atoms with van der Waals surface area (Å²) in [5.41, 5.74) is 0.00445. The number of anilines is 1. The predicted molar refractivity (Wildman–Crippen MR) is 67.9 cm³/mol. The Morgan fingerprint density at radius 1 is 1.32 bits per heavy atom.